The normalized spacial score (nSPS) is 21.3. The molecule has 0 aromatic heterocycles. The molecule has 138 valence electrons. The van der Waals surface area contributed by atoms with Crippen molar-refractivity contribution in [1.82, 2.24) is 4.90 Å². The van der Waals surface area contributed by atoms with Crippen molar-refractivity contribution in [3.63, 3.8) is 0 Å². The summed E-state index contributed by atoms with van der Waals surface area (Å²) < 4.78 is 24.0. The fraction of sp³-hybridized carbons (Fsp3) is 0.316. The smallest absolute Gasteiger partial charge is 0.174 e. The number of anilines is 1. The molecule has 0 radical (unpaired) electrons. The molecule has 1 aliphatic rings. The van der Waals surface area contributed by atoms with Crippen molar-refractivity contribution in [2.75, 3.05) is 16.8 Å². The van der Waals surface area contributed by atoms with E-state index in [2.05, 4.69) is 5.32 Å². The van der Waals surface area contributed by atoms with Crippen molar-refractivity contribution in [2.24, 2.45) is 0 Å². The van der Waals surface area contributed by atoms with Crippen LogP contribution in [0.1, 0.15) is 11.1 Å². The van der Waals surface area contributed by atoms with Gasteiger partial charge in [0.25, 0.3) is 0 Å². The van der Waals surface area contributed by atoms with Crippen LogP contribution in [0.25, 0.3) is 0 Å². The first-order chi connectivity index (χ1) is 12.3. The summed E-state index contributed by atoms with van der Waals surface area (Å²) in [5.41, 5.74) is 2.96. The van der Waals surface area contributed by atoms with Crippen LogP contribution in [0.15, 0.2) is 54.6 Å². The second kappa shape index (κ2) is 7.73. The van der Waals surface area contributed by atoms with Crippen molar-refractivity contribution in [1.29, 1.82) is 0 Å². The van der Waals surface area contributed by atoms with Gasteiger partial charge in [-0.15, -0.1) is 0 Å². The molecule has 3 rings (SSSR count). The number of sulfone groups is 1. The van der Waals surface area contributed by atoms with Crippen LogP contribution in [0, 0.1) is 6.92 Å². The van der Waals surface area contributed by atoms with Gasteiger partial charge in [0.15, 0.2) is 14.9 Å². The van der Waals surface area contributed by atoms with E-state index in [1.54, 1.807) is 4.90 Å². The molecular formula is C19H22N2O3S2. The van der Waals surface area contributed by atoms with Gasteiger partial charge in [-0.1, -0.05) is 48.0 Å². The van der Waals surface area contributed by atoms with Crippen LogP contribution in [0.5, 0.6) is 0 Å². The Balaban J connectivity index is 1.84. The average Bonchev–Trinajstić information content (AvgIpc) is 2.88. The number of aliphatic hydroxyl groups excluding tert-OH is 1. The molecule has 2 aromatic carbocycles. The lowest BCUT2D eigenvalue weighted by Crippen LogP contribution is -2.47. The van der Waals surface area contributed by atoms with Gasteiger partial charge in [0.05, 0.1) is 23.7 Å². The minimum Gasteiger partial charge on any atom is -0.390 e. The van der Waals surface area contributed by atoms with E-state index in [-0.39, 0.29) is 11.5 Å². The highest BCUT2D eigenvalue weighted by Gasteiger charge is 2.41. The zero-order valence-electron chi connectivity index (χ0n) is 14.5. The van der Waals surface area contributed by atoms with E-state index in [1.165, 1.54) is 0 Å². The zero-order valence-corrected chi connectivity index (χ0v) is 16.1. The summed E-state index contributed by atoms with van der Waals surface area (Å²) in [4.78, 5) is 1.78. The molecule has 1 heterocycles. The predicted octanol–water partition coefficient (Wildman–Crippen LogP) is 2.35. The number of rotatable bonds is 4. The van der Waals surface area contributed by atoms with E-state index in [1.807, 2.05) is 61.5 Å². The van der Waals surface area contributed by atoms with Crippen LogP contribution in [0.3, 0.4) is 0 Å². The first-order valence-electron chi connectivity index (χ1n) is 8.41. The number of nitrogens with zero attached hydrogens (tertiary/aromatic N) is 1. The summed E-state index contributed by atoms with van der Waals surface area (Å²) >= 11 is 5.56. The highest BCUT2D eigenvalue weighted by atomic mass is 32.2. The van der Waals surface area contributed by atoms with Crippen molar-refractivity contribution in [2.45, 2.75) is 25.6 Å². The maximum atomic E-state index is 12.0. The molecule has 26 heavy (non-hydrogen) atoms. The molecule has 2 atom stereocenters. The summed E-state index contributed by atoms with van der Waals surface area (Å²) in [6.45, 7) is 2.43. The quantitative estimate of drug-likeness (QED) is 0.781. The van der Waals surface area contributed by atoms with Crippen LogP contribution in [-0.4, -0.2) is 47.2 Å². The van der Waals surface area contributed by atoms with Crippen molar-refractivity contribution in [3.05, 3.63) is 65.7 Å². The molecule has 0 bridgehead atoms. The lowest BCUT2D eigenvalue weighted by molar-refractivity contribution is 0.120. The van der Waals surface area contributed by atoms with E-state index in [4.69, 9.17) is 12.2 Å². The molecule has 7 heteroatoms. The predicted molar refractivity (Wildman–Crippen MR) is 108 cm³/mol. The summed E-state index contributed by atoms with van der Waals surface area (Å²) in [6.07, 6.45) is -0.957. The molecule has 2 aromatic rings. The molecule has 0 unspecified atom stereocenters. The van der Waals surface area contributed by atoms with Gasteiger partial charge in [0.2, 0.25) is 0 Å². The lowest BCUT2D eigenvalue weighted by atomic mass is 10.1. The number of thiocarbonyl (C=S) groups is 1. The fourth-order valence-corrected chi connectivity index (χ4v) is 5.18. The average molecular weight is 391 g/mol. The van der Waals surface area contributed by atoms with E-state index >= 15 is 0 Å². The Kier molecular flexibility index (Phi) is 5.60. The van der Waals surface area contributed by atoms with Gasteiger partial charge in [0.1, 0.15) is 0 Å². The van der Waals surface area contributed by atoms with Crippen molar-refractivity contribution in [3.8, 4) is 0 Å². The summed E-state index contributed by atoms with van der Waals surface area (Å²) in [5, 5.41) is 13.9. The lowest BCUT2D eigenvalue weighted by Gasteiger charge is -2.33. The first-order valence-corrected chi connectivity index (χ1v) is 10.6. The van der Waals surface area contributed by atoms with Gasteiger partial charge in [-0.25, -0.2) is 8.42 Å². The molecule has 2 N–H and O–H groups in total. The Bertz CT molecular complexity index is 867. The van der Waals surface area contributed by atoms with Crippen molar-refractivity contribution >= 4 is 32.9 Å². The van der Waals surface area contributed by atoms with Gasteiger partial charge < -0.3 is 15.3 Å². The third-order valence-corrected chi connectivity index (χ3v) is 6.49. The van der Waals surface area contributed by atoms with Crippen LogP contribution in [-0.2, 0) is 16.4 Å². The topological polar surface area (TPSA) is 69.6 Å². The minimum absolute atomic E-state index is 0.100. The molecule has 1 saturated heterocycles. The number of aliphatic hydroxyl groups is 1. The maximum absolute atomic E-state index is 12.0. The van der Waals surface area contributed by atoms with Gasteiger partial charge in [-0.05, 0) is 36.8 Å². The van der Waals surface area contributed by atoms with Gasteiger partial charge >= 0.3 is 0 Å². The standard InChI is InChI=1S/C19H22N2O3S2/c1-14-7-9-16(10-8-14)20-19(25)21(11-15-5-3-2-4-6-15)17-12-26(23,24)13-18(17)22/h2-10,17-18,22H,11-13H2,1H3,(H,20,25)/t17-,18-/m1/s1. The molecule has 1 fully saturated rings. The Morgan fingerprint density at radius 1 is 1.15 bits per heavy atom. The summed E-state index contributed by atoms with van der Waals surface area (Å²) in [6, 6.07) is 16.9. The number of nitrogens with one attached hydrogen (secondary N) is 1. The summed E-state index contributed by atoms with van der Waals surface area (Å²) in [5.74, 6) is -0.327. The molecule has 0 amide bonds. The van der Waals surface area contributed by atoms with Gasteiger partial charge in [-0.3, -0.25) is 0 Å². The Morgan fingerprint density at radius 2 is 1.81 bits per heavy atom. The largest absolute Gasteiger partial charge is 0.390 e. The van der Waals surface area contributed by atoms with Gasteiger partial charge in [-0.2, -0.15) is 0 Å². The fourth-order valence-electron chi connectivity index (χ4n) is 3.06. The summed E-state index contributed by atoms with van der Waals surface area (Å²) in [7, 11) is -3.27. The Morgan fingerprint density at radius 3 is 2.38 bits per heavy atom. The number of hydrogen-bond donors (Lipinski definition) is 2. The minimum atomic E-state index is -3.27. The second-order valence-electron chi connectivity index (χ2n) is 6.62. The monoisotopic (exact) mass is 390 g/mol. The molecule has 0 spiro atoms. The highest BCUT2D eigenvalue weighted by molar-refractivity contribution is 7.91. The third kappa shape index (κ3) is 4.60. The van der Waals surface area contributed by atoms with E-state index in [0.29, 0.717) is 11.7 Å². The number of aryl methyl sites for hydroxylation is 1. The molecule has 5 nitrogen and oxygen atoms in total. The molecule has 1 aliphatic heterocycles. The maximum Gasteiger partial charge on any atom is 0.174 e. The highest BCUT2D eigenvalue weighted by Crippen LogP contribution is 2.22. The van der Waals surface area contributed by atoms with Crippen LogP contribution >= 0.6 is 12.2 Å². The van der Waals surface area contributed by atoms with E-state index in [9.17, 15) is 13.5 Å². The van der Waals surface area contributed by atoms with E-state index in [0.717, 1.165) is 16.8 Å². The van der Waals surface area contributed by atoms with Crippen LogP contribution < -0.4 is 5.32 Å². The van der Waals surface area contributed by atoms with Gasteiger partial charge in [0, 0.05) is 12.2 Å². The molecule has 0 saturated carbocycles. The van der Waals surface area contributed by atoms with Crippen molar-refractivity contribution < 1.29 is 13.5 Å². The second-order valence-corrected chi connectivity index (χ2v) is 9.16. The van der Waals surface area contributed by atoms with Crippen LogP contribution in [0.2, 0.25) is 0 Å². The Labute approximate surface area is 159 Å². The van der Waals surface area contributed by atoms with Crippen LogP contribution in [0.4, 0.5) is 5.69 Å². The first kappa shape index (κ1) is 18.8. The molecule has 0 aliphatic carbocycles. The molecular weight excluding hydrogens is 368 g/mol. The van der Waals surface area contributed by atoms with E-state index < -0.39 is 22.0 Å². The third-order valence-electron chi connectivity index (χ3n) is 4.45. The zero-order chi connectivity index (χ0) is 18.7. The Hall–Kier alpha value is -1.96. The number of benzene rings is 2. The number of hydrogen-bond acceptors (Lipinski definition) is 4. The SMILES string of the molecule is Cc1ccc(NC(=S)N(Cc2ccccc2)[C@@H]2CS(=O)(=O)C[C@H]2O)cc1.